The fraction of sp³-hybridized carbons (Fsp3) is 0.360. The van der Waals surface area contributed by atoms with Crippen LogP contribution >= 0.6 is 0 Å². The van der Waals surface area contributed by atoms with Crippen LogP contribution in [0, 0.1) is 0 Å². The molecule has 0 saturated heterocycles. The minimum absolute atomic E-state index is 0.237. The number of rotatable bonds is 8. The molecule has 2 aromatic carbocycles. The number of aliphatic hydroxyl groups is 1. The van der Waals surface area contributed by atoms with Crippen LogP contribution in [0.3, 0.4) is 0 Å². The van der Waals surface area contributed by atoms with Gasteiger partial charge in [-0.15, -0.1) is 0 Å². The summed E-state index contributed by atoms with van der Waals surface area (Å²) in [4.78, 5) is 26.8. The number of anilines is 1. The fourth-order valence-electron chi connectivity index (χ4n) is 4.07. The van der Waals surface area contributed by atoms with Crippen molar-refractivity contribution in [2.45, 2.75) is 44.4 Å². The zero-order chi connectivity index (χ0) is 25.3. The second-order valence-corrected chi connectivity index (χ2v) is 9.02. The zero-order valence-electron chi connectivity index (χ0n) is 19.3. The van der Waals surface area contributed by atoms with Crippen LogP contribution in [0.1, 0.15) is 43.1 Å². The molecule has 182 valence electrons. The number of ketones is 1. The summed E-state index contributed by atoms with van der Waals surface area (Å²) in [6.07, 6.45) is -4.18. The number of pyridine rings is 1. The van der Waals surface area contributed by atoms with E-state index in [4.69, 9.17) is 4.74 Å². The summed E-state index contributed by atoms with van der Waals surface area (Å²) in [5.41, 5.74) is -3.10. The zero-order valence-corrected chi connectivity index (χ0v) is 19.3. The largest absolute Gasteiger partial charge is 0.496 e. The van der Waals surface area contributed by atoms with Crippen LogP contribution in [0.5, 0.6) is 5.75 Å². The second kappa shape index (κ2) is 9.13. The average molecular weight is 476 g/mol. The first-order valence-electron chi connectivity index (χ1n) is 10.6. The molecule has 1 atom stereocenters. The third-order valence-electron chi connectivity index (χ3n) is 5.94. The van der Waals surface area contributed by atoms with Crippen molar-refractivity contribution in [1.29, 1.82) is 0 Å². The molecular weight excluding hydrogens is 449 g/mol. The van der Waals surface area contributed by atoms with Crippen molar-refractivity contribution in [2.75, 3.05) is 19.0 Å². The SMILES string of the molecule is COc1ccc(C(C)=O)cc1C(C)(C)CC(O)(CNc1ccc2[nH]ccc(=O)c2c1)C(F)(F)F. The third-order valence-corrected chi connectivity index (χ3v) is 5.94. The van der Waals surface area contributed by atoms with Gasteiger partial charge in [0.15, 0.2) is 16.8 Å². The number of nitrogens with one attached hydrogen (secondary N) is 2. The van der Waals surface area contributed by atoms with E-state index >= 15 is 0 Å². The number of benzene rings is 2. The predicted molar refractivity (Wildman–Crippen MR) is 125 cm³/mol. The van der Waals surface area contributed by atoms with Gasteiger partial charge < -0.3 is 20.1 Å². The molecule has 3 rings (SSSR count). The molecule has 0 aliphatic rings. The maximum absolute atomic E-state index is 14.1. The number of alkyl halides is 3. The summed E-state index contributed by atoms with van der Waals surface area (Å²) in [5.74, 6) is 0.0833. The lowest BCUT2D eigenvalue weighted by atomic mass is 9.74. The van der Waals surface area contributed by atoms with Crippen molar-refractivity contribution in [1.82, 2.24) is 4.98 Å². The predicted octanol–water partition coefficient (Wildman–Crippen LogP) is 4.81. The number of fused-ring (bicyclic) bond motifs is 1. The molecule has 0 spiro atoms. The molecule has 9 heteroatoms. The molecule has 34 heavy (non-hydrogen) atoms. The van der Waals surface area contributed by atoms with Gasteiger partial charge >= 0.3 is 6.18 Å². The lowest BCUT2D eigenvalue weighted by Gasteiger charge is -2.38. The van der Waals surface area contributed by atoms with Crippen LogP contribution in [0.25, 0.3) is 10.9 Å². The Morgan fingerprint density at radius 2 is 1.82 bits per heavy atom. The van der Waals surface area contributed by atoms with Gasteiger partial charge in [0, 0.05) is 40.0 Å². The van der Waals surface area contributed by atoms with Crippen molar-refractivity contribution in [3.63, 3.8) is 0 Å². The van der Waals surface area contributed by atoms with Crippen molar-refractivity contribution < 1.29 is 27.8 Å². The van der Waals surface area contributed by atoms with Crippen LogP contribution in [0.15, 0.2) is 53.5 Å². The van der Waals surface area contributed by atoms with E-state index in [-0.39, 0.29) is 16.9 Å². The number of aromatic amines is 1. The molecule has 0 aliphatic heterocycles. The van der Waals surface area contributed by atoms with Gasteiger partial charge in [0.25, 0.3) is 0 Å². The molecule has 6 nitrogen and oxygen atoms in total. The fourth-order valence-corrected chi connectivity index (χ4v) is 4.07. The number of carbonyl (C=O) groups excluding carboxylic acids is 1. The number of halogens is 3. The number of Topliss-reactive ketones (excluding diaryl/α,β-unsaturated/α-hetero) is 1. The normalized spacial score (nSPS) is 14.0. The Hall–Kier alpha value is -3.33. The van der Waals surface area contributed by atoms with Gasteiger partial charge in [-0.2, -0.15) is 13.2 Å². The Balaban J connectivity index is 1.94. The lowest BCUT2D eigenvalue weighted by molar-refractivity contribution is -0.260. The van der Waals surface area contributed by atoms with Gasteiger partial charge in [0.1, 0.15) is 5.75 Å². The number of aromatic nitrogens is 1. The van der Waals surface area contributed by atoms with Crippen LogP contribution in [0.4, 0.5) is 18.9 Å². The minimum atomic E-state index is -4.96. The molecule has 0 saturated carbocycles. The molecule has 0 bridgehead atoms. The van der Waals surface area contributed by atoms with E-state index in [0.29, 0.717) is 27.8 Å². The van der Waals surface area contributed by atoms with Gasteiger partial charge in [-0.1, -0.05) is 13.8 Å². The van der Waals surface area contributed by atoms with Gasteiger partial charge in [0.2, 0.25) is 0 Å². The Morgan fingerprint density at radius 1 is 1.12 bits per heavy atom. The molecule has 0 radical (unpaired) electrons. The quantitative estimate of drug-likeness (QED) is 0.406. The Bertz CT molecular complexity index is 1270. The first kappa shape index (κ1) is 25.3. The Morgan fingerprint density at radius 3 is 2.44 bits per heavy atom. The number of H-pyrrole nitrogens is 1. The van der Waals surface area contributed by atoms with Gasteiger partial charge in [-0.05, 0) is 55.2 Å². The number of hydrogen-bond acceptors (Lipinski definition) is 5. The lowest BCUT2D eigenvalue weighted by Crippen LogP contribution is -2.53. The van der Waals surface area contributed by atoms with Crippen LogP contribution in [-0.4, -0.2) is 41.3 Å². The molecule has 0 aliphatic carbocycles. The van der Waals surface area contributed by atoms with Crippen LogP contribution in [0.2, 0.25) is 0 Å². The number of methoxy groups -OCH3 is 1. The van der Waals surface area contributed by atoms with E-state index in [9.17, 15) is 27.9 Å². The van der Waals surface area contributed by atoms with Gasteiger partial charge in [-0.3, -0.25) is 9.59 Å². The second-order valence-electron chi connectivity index (χ2n) is 9.02. The monoisotopic (exact) mass is 476 g/mol. The Labute approximate surface area is 194 Å². The van der Waals surface area contributed by atoms with Crippen LogP contribution < -0.4 is 15.5 Å². The van der Waals surface area contributed by atoms with Gasteiger partial charge in [0.05, 0.1) is 13.7 Å². The smallest absolute Gasteiger partial charge is 0.418 e. The summed E-state index contributed by atoms with van der Waals surface area (Å²) in [6.45, 7) is 3.64. The molecule has 1 heterocycles. The average Bonchev–Trinajstić information content (AvgIpc) is 2.76. The molecule has 3 aromatic rings. The van der Waals surface area contributed by atoms with Crippen molar-refractivity contribution in [2.24, 2.45) is 0 Å². The first-order valence-corrected chi connectivity index (χ1v) is 10.6. The van der Waals surface area contributed by atoms with E-state index in [0.717, 1.165) is 0 Å². The summed E-state index contributed by atoms with van der Waals surface area (Å²) in [5, 5.41) is 13.8. The van der Waals surface area contributed by atoms with E-state index in [1.54, 1.807) is 26.0 Å². The maximum atomic E-state index is 14.1. The van der Waals surface area contributed by atoms with E-state index in [1.807, 2.05) is 0 Å². The highest BCUT2D eigenvalue weighted by Gasteiger charge is 2.56. The Kier molecular flexibility index (Phi) is 6.80. The topological polar surface area (TPSA) is 91.4 Å². The van der Waals surface area contributed by atoms with E-state index < -0.39 is 30.2 Å². The van der Waals surface area contributed by atoms with E-state index in [1.165, 1.54) is 50.6 Å². The highest BCUT2D eigenvalue weighted by Crippen LogP contribution is 2.44. The number of hydrogen-bond donors (Lipinski definition) is 3. The highest BCUT2D eigenvalue weighted by molar-refractivity contribution is 5.94. The first-order chi connectivity index (χ1) is 15.8. The van der Waals surface area contributed by atoms with E-state index in [2.05, 4.69) is 10.3 Å². The summed E-state index contributed by atoms with van der Waals surface area (Å²) in [7, 11) is 1.39. The molecule has 0 fully saturated rings. The van der Waals surface area contributed by atoms with Crippen molar-refractivity contribution in [3.8, 4) is 5.75 Å². The third kappa shape index (κ3) is 5.09. The summed E-state index contributed by atoms with van der Waals surface area (Å²) < 4.78 is 47.7. The molecule has 1 unspecified atom stereocenters. The highest BCUT2D eigenvalue weighted by atomic mass is 19.4. The molecule has 1 aromatic heterocycles. The summed E-state index contributed by atoms with van der Waals surface area (Å²) in [6, 6.07) is 10.4. The summed E-state index contributed by atoms with van der Waals surface area (Å²) >= 11 is 0. The standard InChI is InChI=1S/C25H27F3N2O4/c1-15(31)16-5-8-22(34-4)19(11-16)23(2,3)13-24(33,25(26,27)28)14-30-17-6-7-20-18(12-17)21(32)9-10-29-20/h5-12,30,33H,13-14H2,1-4H3,(H,29,32). The number of carbonyl (C=O) groups is 1. The molecule has 3 N–H and O–H groups in total. The van der Waals surface area contributed by atoms with Gasteiger partial charge in [-0.25, -0.2) is 0 Å². The van der Waals surface area contributed by atoms with Crippen molar-refractivity contribution >= 4 is 22.4 Å². The van der Waals surface area contributed by atoms with Crippen molar-refractivity contribution in [3.05, 3.63) is 70.0 Å². The van der Waals surface area contributed by atoms with Crippen LogP contribution in [-0.2, 0) is 5.41 Å². The maximum Gasteiger partial charge on any atom is 0.418 e. The number of ether oxygens (including phenoxy) is 1. The molecular formula is C25H27F3N2O4. The minimum Gasteiger partial charge on any atom is -0.496 e. The molecule has 0 amide bonds.